The fourth-order valence-corrected chi connectivity index (χ4v) is 1.98. The molecular formula is C16H21NO3. The summed E-state index contributed by atoms with van der Waals surface area (Å²) in [5.74, 6) is -1.00. The summed E-state index contributed by atoms with van der Waals surface area (Å²) in [5, 5.41) is 8.62. The van der Waals surface area contributed by atoms with Crippen molar-refractivity contribution in [3.05, 3.63) is 41.5 Å². The number of aliphatic carboxylic acids is 1. The number of hydrogen-bond acceptors (Lipinski definition) is 2. The van der Waals surface area contributed by atoms with Crippen LogP contribution in [0.15, 0.2) is 30.3 Å². The van der Waals surface area contributed by atoms with E-state index in [9.17, 15) is 9.59 Å². The summed E-state index contributed by atoms with van der Waals surface area (Å²) in [6.45, 7) is 5.56. The van der Waals surface area contributed by atoms with Crippen LogP contribution >= 0.6 is 0 Å². The van der Waals surface area contributed by atoms with Crippen LogP contribution in [0.25, 0.3) is 6.08 Å². The number of rotatable bonds is 7. The molecule has 0 saturated heterocycles. The van der Waals surface area contributed by atoms with Crippen LogP contribution in [-0.4, -0.2) is 35.0 Å². The highest BCUT2D eigenvalue weighted by Gasteiger charge is 2.13. The molecule has 0 unspecified atom stereocenters. The van der Waals surface area contributed by atoms with Crippen molar-refractivity contribution >= 4 is 18.0 Å². The van der Waals surface area contributed by atoms with Crippen molar-refractivity contribution in [2.75, 3.05) is 13.1 Å². The Hall–Kier alpha value is -2.10. The molecule has 1 N–H and O–H groups in total. The first-order chi connectivity index (χ1) is 9.58. The molecule has 0 radical (unpaired) electrons. The fourth-order valence-electron chi connectivity index (χ4n) is 1.98. The summed E-state index contributed by atoms with van der Waals surface area (Å²) in [4.78, 5) is 24.7. The highest BCUT2D eigenvalue weighted by Crippen LogP contribution is 2.11. The van der Waals surface area contributed by atoms with E-state index in [0.717, 1.165) is 32.0 Å². The van der Waals surface area contributed by atoms with Crippen LogP contribution in [0, 0.1) is 0 Å². The molecule has 20 heavy (non-hydrogen) atoms. The van der Waals surface area contributed by atoms with Crippen molar-refractivity contribution in [3.8, 4) is 0 Å². The average molecular weight is 275 g/mol. The second-order valence-electron chi connectivity index (χ2n) is 4.59. The van der Waals surface area contributed by atoms with E-state index in [4.69, 9.17) is 5.11 Å². The third kappa shape index (κ3) is 4.88. The van der Waals surface area contributed by atoms with Gasteiger partial charge in [-0.15, -0.1) is 0 Å². The maximum absolute atomic E-state index is 12.4. The average Bonchev–Trinajstić information content (AvgIpc) is 2.44. The number of carbonyl (C=O) groups is 2. The maximum Gasteiger partial charge on any atom is 0.328 e. The molecule has 0 fully saturated rings. The van der Waals surface area contributed by atoms with Gasteiger partial charge in [-0.05, 0) is 36.6 Å². The van der Waals surface area contributed by atoms with Crippen LogP contribution in [-0.2, 0) is 4.79 Å². The molecule has 1 aromatic carbocycles. The van der Waals surface area contributed by atoms with E-state index in [0.29, 0.717) is 11.1 Å². The Bertz CT molecular complexity index is 488. The maximum atomic E-state index is 12.4. The van der Waals surface area contributed by atoms with Gasteiger partial charge in [0.25, 0.3) is 5.91 Å². The lowest BCUT2D eigenvalue weighted by molar-refractivity contribution is -0.131. The Morgan fingerprint density at radius 2 is 1.85 bits per heavy atom. The van der Waals surface area contributed by atoms with Gasteiger partial charge in [-0.25, -0.2) is 4.79 Å². The van der Waals surface area contributed by atoms with Crippen molar-refractivity contribution in [1.29, 1.82) is 0 Å². The number of hydrogen-bond donors (Lipinski definition) is 1. The molecule has 0 aliphatic heterocycles. The number of carboxylic acids is 1. The first kappa shape index (κ1) is 16.0. The zero-order valence-electron chi connectivity index (χ0n) is 12.0. The monoisotopic (exact) mass is 275 g/mol. The third-order valence-electron chi connectivity index (χ3n) is 2.83. The Kier molecular flexibility index (Phi) is 6.50. The normalized spacial score (nSPS) is 10.7. The molecule has 0 spiro atoms. The van der Waals surface area contributed by atoms with E-state index < -0.39 is 5.97 Å². The molecule has 4 heteroatoms. The lowest BCUT2D eigenvalue weighted by Gasteiger charge is -2.21. The van der Waals surface area contributed by atoms with Crippen LogP contribution in [0.2, 0.25) is 0 Å². The third-order valence-corrected chi connectivity index (χ3v) is 2.83. The van der Waals surface area contributed by atoms with E-state index in [-0.39, 0.29) is 5.91 Å². The van der Waals surface area contributed by atoms with Crippen LogP contribution in [0.5, 0.6) is 0 Å². The summed E-state index contributed by atoms with van der Waals surface area (Å²) in [6, 6.07) is 7.03. The summed E-state index contributed by atoms with van der Waals surface area (Å²) < 4.78 is 0. The van der Waals surface area contributed by atoms with Gasteiger partial charge in [-0.1, -0.05) is 26.0 Å². The largest absolute Gasteiger partial charge is 0.478 e. The fraction of sp³-hybridized carbons (Fsp3) is 0.375. The van der Waals surface area contributed by atoms with Gasteiger partial charge < -0.3 is 10.0 Å². The molecule has 0 bridgehead atoms. The minimum atomic E-state index is -1.000. The molecule has 108 valence electrons. The van der Waals surface area contributed by atoms with Crippen LogP contribution < -0.4 is 0 Å². The van der Waals surface area contributed by atoms with Crippen molar-refractivity contribution in [3.63, 3.8) is 0 Å². The van der Waals surface area contributed by atoms with Gasteiger partial charge in [0.2, 0.25) is 0 Å². The zero-order chi connectivity index (χ0) is 15.0. The first-order valence-electron chi connectivity index (χ1n) is 6.88. The number of carbonyl (C=O) groups excluding carboxylic acids is 1. The lowest BCUT2D eigenvalue weighted by atomic mass is 10.1. The van der Waals surface area contributed by atoms with Crippen LogP contribution in [0.4, 0.5) is 0 Å². The lowest BCUT2D eigenvalue weighted by Crippen LogP contribution is -2.32. The summed E-state index contributed by atoms with van der Waals surface area (Å²) in [6.07, 6.45) is 4.40. The van der Waals surface area contributed by atoms with Gasteiger partial charge in [0.05, 0.1) is 0 Å². The molecule has 1 aromatic rings. The molecular weight excluding hydrogens is 254 g/mol. The second kappa shape index (κ2) is 8.15. The first-order valence-corrected chi connectivity index (χ1v) is 6.88. The minimum absolute atomic E-state index is 0.000671. The number of carboxylic acid groups (broad SMARTS) is 1. The Morgan fingerprint density at radius 1 is 1.20 bits per heavy atom. The Balaban J connectivity index is 2.91. The van der Waals surface area contributed by atoms with Crippen molar-refractivity contribution in [2.45, 2.75) is 26.7 Å². The molecule has 0 atom stereocenters. The van der Waals surface area contributed by atoms with Crippen LogP contribution in [0.1, 0.15) is 42.6 Å². The Labute approximate surface area is 119 Å². The van der Waals surface area contributed by atoms with E-state index in [1.54, 1.807) is 24.3 Å². The van der Waals surface area contributed by atoms with Gasteiger partial charge >= 0.3 is 5.97 Å². The number of benzene rings is 1. The summed E-state index contributed by atoms with van der Waals surface area (Å²) >= 11 is 0. The predicted molar refractivity (Wildman–Crippen MR) is 79.6 cm³/mol. The smallest absolute Gasteiger partial charge is 0.328 e. The van der Waals surface area contributed by atoms with Gasteiger partial charge in [-0.3, -0.25) is 4.79 Å². The molecule has 4 nitrogen and oxygen atoms in total. The van der Waals surface area contributed by atoms with Gasteiger partial charge in [0.15, 0.2) is 0 Å². The summed E-state index contributed by atoms with van der Waals surface area (Å²) in [7, 11) is 0. The highest BCUT2D eigenvalue weighted by atomic mass is 16.4. The van der Waals surface area contributed by atoms with E-state index >= 15 is 0 Å². The molecule has 0 heterocycles. The molecule has 1 amide bonds. The standard InChI is InChI=1S/C16H21NO3/c1-3-10-17(11-4-2)16(20)14-7-5-6-13(12-14)8-9-15(18)19/h5-9,12H,3-4,10-11H2,1-2H3,(H,18,19). The molecule has 1 rings (SSSR count). The molecule has 0 saturated carbocycles. The number of nitrogens with zero attached hydrogens (tertiary/aromatic N) is 1. The second-order valence-corrected chi connectivity index (χ2v) is 4.59. The molecule has 0 aromatic heterocycles. The van der Waals surface area contributed by atoms with Crippen LogP contribution in [0.3, 0.4) is 0 Å². The van der Waals surface area contributed by atoms with E-state index in [1.807, 2.05) is 18.7 Å². The van der Waals surface area contributed by atoms with Crippen molar-refractivity contribution < 1.29 is 14.7 Å². The van der Waals surface area contributed by atoms with Crippen molar-refractivity contribution in [2.24, 2.45) is 0 Å². The summed E-state index contributed by atoms with van der Waals surface area (Å²) in [5.41, 5.74) is 1.31. The molecule has 0 aliphatic carbocycles. The minimum Gasteiger partial charge on any atom is -0.478 e. The van der Waals surface area contributed by atoms with Gasteiger partial charge in [0, 0.05) is 24.7 Å². The predicted octanol–water partition coefficient (Wildman–Crippen LogP) is 3.05. The SMILES string of the molecule is CCCN(CCC)C(=O)c1cccc(C=CC(=O)O)c1. The van der Waals surface area contributed by atoms with Gasteiger partial charge in [0.1, 0.15) is 0 Å². The van der Waals surface area contributed by atoms with Gasteiger partial charge in [-0.2, -0.15) is 0 Å². The van der Waals surface area contributed by atoms with Crippen molar-refractivity contribution in [1.82, 2.24) is 4.90 Å². The van der Waals surface area contributed by atoms with E-state index in [1.165, 1.54) is 6.08 Å². The molecule has 0 aliphatic rings. The Morgan fingerprint density at radius 3 is 2.40 bits per heavy atom. The number of amides is 1. The van der Waals surface area contributed by atoms with E-state index in [2.05, 4.69) is 0 Å². The highest BCUT2D eigenvalue weighted by molar-refractivity contribution is 5.95. The topological polar surface area (TPSA) is 57.6 Å². The quantitative estimate of drug-likeness (QED) is 0.778. The zero-order valence-corrected chi connectivity index (χ0v) is 12.0.